The van der Waals surface area contributed by atoms with Crippen LogP contribution >= 0.6 is 0 Å². The van der Waals surface area contributed by atoms with E-state index in [-0.39, 0.29) is 0 Å². The van der Waals surface area contributed by atoms with Crippen molar-refractivity contribution in [2.45, 2.75) is 25.8 Å². The second kappa shape index (κ2) is 6.76. The van der Waals surface area contributed by atoms with Crippen molar-refractivity contribution in [1.82, 2.24) is 29.5 Å². The largest absolute Gasteiger partial charge is 0.381 e. The van der Waals surface area contributed by atoms with Gasteiger partial charge < -0.3 is 11.1 Å². The smallest absolute Gasteiger partial charge is 0.181 e. The van der Waals surface area contributed by atoms with Crippen molar-refractivity contribution < 1.29 is 0 Å². The van der Waals surface area contributed by atoms with E-state index in [1.807, 2.05) is 22.7 Å². The molecule has 0 saturated carbocycles. The Kier molecular flexibility index (Phi) is 4.09. The third kappa shape index (κ3) is 2.93. The molecule has 3 aromatic heterocycles. The van der Waals surface area contributed by atoms with Crippen molar-refractivity contribution in [2.24, 2.45) is 0 Å². The van der Waals surface area contributed by atoms with Crippen molar-refractivity contribution in [2.75, 3.05) is 18.8 Å². The number of nitrogens with two attached hydrogens (primary N) is 1. The summed E-state index contributed by atoms with van der Waals surface area (Å²) in [5, 5.41) is 8.19. The fraction of sp³-hybridized carbons (Fsp3) is 0.286. The molecule has 4 aromatic rings. The van der Waals surface area contributed by atoms with E-state index < -0.39 is 0 Å². The van der Waals surface area contributed by atoms with Gasteiger partial charge in [0.2, 0.25) is 0 Å². The van der Waals surface area contributed by atoms with Crippen LogP contribution in [0.4, 0.5) is 5.82 Å². The number of aromatic nitrogens is 5. The molecule has 0 spiro atoms. The predicted octanol–water partition coefficient (Wildman–Crippen LogP) is 3.07. The average molecular weight is 373 g/mol. The topological polar surface area (TPSA) is 86.1 Å². The summed E-state index contributed by atoms with van der Waals surface area (Å²) in [4.78, 5) is 9.10. The molecule has 0 amide bonds. The van der Waals surface area contributed by atoms with Crippen LogP contribution in [0.25, 0.3) is 28.3 Å². The van der Waals surface area contributed by atoms with Crippen LogP contribution in [0.1, 0.15) is 24.4 Å². The number of rotatable bonds is 3. The second-order valence-electron chi connectivity index (χ2n) is 7.38. The molecule has 1 fully saturated rings. The van der Waals surface area contributed by atoms with E-state index in [0.29, 0.717) is 17.5 Å². The minimum atomic E-state index is 0.417. The van der Waals surface area contributed by atoms with E-state index >= 15 is 0 Å². The lowest BCUT2D eigenvalue weighted by atomic mass is 10.1. The highest BCUT2D eigenvalue weighted by molar-refractivity contribution is 5.72. The zero-order valence-corrected chi connectivity index (χ0v) is 15.8. The van der Waals surface area contributed by atoms with Crippen molar-refractivity contribution >= 4 is 11.5 Å². The SMILES string of the molecule is Cc1cccc(-c2cnc(N)c3nc(-c4ccn(C5CCNCC5)n4)cn23)c1. The number of hydrogen-bond donors (Lipinski definition) is 2. The number of nitrogens with zero attached hydrogens (tertiary/aromatic N) is 5. The number of nitrogens with one attached hydrogen (secondary N) is 1. The van der Waals surface area contributed by atoms with Crippen LogP contribution in [-0.2, 0) is 0 Å². The monoisotopic (exact) mass is 373 g/mol. The molecule has 0 aliphatic carbocycles. The van der Waals surface area contributed by atoms with Gasteiger partial charge >= 0.3 is 0 Å². The summed E-state index contributed by atoms with van der Waals surface area (Å²) in [5.41, 5.74) is 11.7. The van der Waals surface area contributed by atoms with E-state index in [9.17, 15) is 0 Å². The highest BCUT2D eigenvalue weighted by Crippen LogP contribution is 2.27. The minimum Gasteiger partial charge on any atom is -0.381 e. The summed E-state index contributed by atoms with van der Waals surface area (Å²) in [6.45, 7) is 4.16. The molecular weight excluding hydrogens is 350 g/mol. The summed E-state index contributed by atoms with van der Waals surface area (Å²) in [6, 6.07) is 10.8. The number of aryl methyl sites for hydroxylation is 1. The Balaban J connectivity index is 1.57. The zero-order chi connectivity index (χ0) is 19.1. The lowest BCUT2D eigenvalue weighted by molar-refractivity contribution is 0.343. The molecule has 142 valence electrons. The fourth-order valence-corrected chi connectivity index (χ4v) is 3.89. The summed E-state index contributed by atoms with van der Waals surface area (Å²) < 4.78 is 4.08. The Labute approximate surface area is 163 Å². The molecule has 0 bridgehead atoms. The van der Waals surface area contributed by atoms with Gasteiger partial charge in [-0.25, -0.2) is 9.97 Å². The molecule has 1 aromatic carbocycles. The first-order valence-corrected chi connectivity index (χ1v) is 9.66. The van der Waals surface area contributed by atoms with Crippen molar-refractivity contribution in [3.8, 4) is 22.6 Å². The average Bonchev–Trinajstić information content (AvgIpc) is 3.37. The Hall–Kier alpha value is -3.19. The Bertz CT molecular complexity index is 1130. The standard InChI is InChI=1S/C21H23N7/c1-14-3-2-4-15(11-14)19-12-24-20(22)21-25-18(13-27(19)21)17-7-10-28(26-17)16-5-8-23-9-6-16/h2-4,7,10-13,16,23H,5-6,8-9H2,1H3,(H2,22,24). The minimum absolute atomic E-state index is 0.417. The first-order chi connectivity index (χ1) is 13.7. The van der Waals surface area contributed by atoms with Crippen LogP contribution < -0.4 is 11.1 Å². The van der Waals surface area contributed by atoms with Crippen LogP contribution in [0, 0.1) is 6.92 Å². The molecule has 1 saturated heterocycles. The van der Waals surface area contributed by atoms with Crippen molar-refractivity contribution in [3.63, 3.8) is 0 Å². The number of piperidine rings is 1. The zero-order valence-electron chi connectivity index (χ0n) is 15.8. The number of anilines is 1. The third-order valence-corrected chi connectivity index (χ3v) is 5.39. The van der Waals surface area contributed by atoms with Gasteiger partial charge in [-0.1, -0.05) is 23.8 Å². The van der Waals surface area contributed by atoms with E-state index in [1.165, 1.54) is 5.56 Å². The van der Waals surface area contributed by atoms with Gasteiger partial charge in [0.05, 0.1) is 17.9 Å². The quantitative estimate of drug-likeness (QED) is 0.576. The molecule has 5 rings (SSSR count). The van der Waals surface area contributed by atoms with E-state index in [4.69, 9.17) is 15.8 Å². The maximum atomic E-state index is 6.12. The fourth-order valence-electron chi connectivity index (χ4n) is 3.89. The molecule has 7 heteroatoms. The van der Waals surface area contributed by atoms with Gasteiger partial charge in [-0.3, -0.25) is 9.08 Å². The van der Waals surface area contributed by atoms with Gasteiger partial charge in [-0.2, -0.15) is 5.10 Å². The van der Waals surface area contributed by atoms with Crippen LogP contribution in [0.3, 0.4) is 0 Å². The molecule has 4 heterocycles. The van der Waals surface area contributed by atoms with Gasteiger partial charge in [-0.05, 0) is 45.0 Å². The normalized spacial score (nSPS) is 15.3. The van der Waals surface area contributed by atoms with Gasteiger partial charge in [-0.15, -0.1) is 0 Å². The molecule has 1 aliphatic heterocycles. The third-order valence-electron chi connectivity index (χ3n) is 5.39. The van der Waals surface area contributed by atoms with Gasteiger partial charge in [0, 0.05) is 18.0 Å². The van der Waals surface area contributed by atoms with Crippen molar-refractivity contribution in [3.05, 3.63) is 54.5 Å². The van der Waals surface area contributed by atoms with Gasteiger partial charge in [0.1, 0.15) is 11.4 Å². The Morgan fingerprint density at radius 2 is 2.00 bits per heavy atom. The highest BCUT2D eigenvalue weighted by atomic mass is 15.3. The second-order valence-corrected chi connectivity index (χ2v) is 7.38. The summed E-state index contributed by atoms with van der Waals surface area (Å²) >= 11 is 0. The highest BCUT2D eigenvalue weighted by Gasteiger charge is 2.18. The van der Waals surface area contributed by atoms with Crippen LogP contribution in [0.5, 0.6) is 0 Å². The van der Waals surface area contributed by atoms with Crippen LogP contribution in [-0.4, -0.2) is 37.2 Å². The van der Waals surface area contributed by atoms with Gasteiger partial charge in [0.15, 0.2) is 11.5 Å². The van der Waals surface area contributed by atoms with Gasteiger partial charge in [0.25, 0.3) is 0 Å². The Morgan fingerprint density at radius 3 is 2.82 bits per heavy atom. The van der Waals surface area contributed by atoms with Crippen LogP contribution in [0.2, 0.25) is 0 Å². The van der Waals surface area contributed by atoms with E-state index in [1.54, 1.807) is 6.20 Å². The summed E-state index contributed by atoms with van der Waals surface area (Å²) in [5.74, 6) is 0.417. The lowest BCUT2D eigenvalue weighted by Gasteiger charge is -2.22. The summed E-state index contributed by atoms with van der Waals surface area (Å²) in [7, 11) is 0. The molecular formula is C21H23N7. The van der Waals surface area contributed by atoms with E-state index in [2.05, 4.69) is 46.3 Å². The number of benzene rings is 1. The number of nitrogen functional groups attached to an aromatic ring is 1. The van der Waals surface area contributed by atoms with Crippen molar-refractivity contribution in [1.29, 1.82) is 0 Å². The maximum absolute atomic E-state index is 6.12. The van der Waals surface area contributed by atoms with Crippen LogP contribution in [0.15, 0.2) is 48.9 Å². The first kappa shape index (κ1) is 16.9. The molecule has 28 heavy (non-hydrogen) atoms. The molecule has 0 unspecified atom stereocenters. The maximum Gasteiger partial charge on any atom is 0.181 e. The first-order valence-electron chi connectivity index (χ1n) is 9.66. The molecule has 7 nitrogen and oxygen atoms in total. The Morgan fingerprint density at radius 1 is 1.14 bits per heavy atom. The molecule has 0 radical (unpaired) electrons. The van der Waals surface area contributed by atoms with E-state index in [0.717, 1.165) is 48.6 Å². The number of hydrogen-bond acceptors (Lipinski definition) is 5. The summed E-state index contributed by atoms with van der Waals surface area (Å²) in [6.07, 6.45) is 8.05. The number of fused-ring (bicyclic) bond motifs is 1. The predicted molar refractivity (Wildman–Crippen MR) is 110 cm³/mol. The number of imidazole rings is 1. The molecule has 0 atom stereocenters. The lowest BCUT2D eigenvalue weighted by Crippen LogP contribution is -2.29. The molecule has 3 N–H and O–H groups in total. The molecule has 1 aliphatic rings.